The van der Waals surface area contributed by atoms with Crippen LogP contribution >= 0.6 is 0 Å². The van der Waals surface area contributed by atoms with E-state index in [9.17, 15) is 9.18 Å². The number of benzene rings is 2. The van der Waals surface area contributed by atoms with Gasteiger partial charge in [-0.3, -0.25) is 4.79 Å². The van der Waals surface area contributed by atoms with Gasteiger partial charge in [-0.2, -0.15) is 0 Å². The lowest BCUT2D eigenvalue weighted by Crippen LogP contribution is -2.46. The summed E-state index contributed by atoms with van der Waals surface area (Å²) in [4.78, 5) is 12.0. The predicted molar refractivity (Wildman–Crippen MR) is 75.7 cm³/mol. The van der Waals surface area contributed by atoms with Crippen LogP contribution in [0.5, 0.6) is 0 Å². The van der Waals surface area contributed by atoms with Crippen molar-refractivity contribution in [3.63, 3.8) is 0 Å². The number of nitrogens with one attached hydrogen (secondary N) is 1. The van der Waals surface area contributed by atoms with Gasteiger partial charge in [0.1, 0.15) is 11.4 Å². The van der Waals surface area contributed by atoms with Gasteiger partial charge in [0.2, 0.25) is 5.91 Å². The Balaban J connectivity index is 2.09. The van der Waals surface area contributed by atoms with Crippen molar-refractivity contribution in [3.8, 4) is 0 Å². The van der Waals surface area contributed by atoms with Gasteiger partial charge in [0, 0.05) is 5.69 Å². The molecule has 1 amide bonds. The molecule has 3 nitrogen and oxygen atoms in total. The fraction of sp³-hybridized carbons (Fsp3) is 0.188. The van der Waals surface area contributed by atoms with Gasteiger partial charge in [-0.05, 0) is 42.2 Å². The molecule has 1 aliphatic rings. The maximum absolute atomic E-state index is 13.9. The van der Waals surface area contributed by atoms with Gasteiger partial charge in [0.05, 0.1) is 0 Å². The number of rotatable bonds is 3. The highest BCUT2D eigenvalue weighted by atomic mass is 19.1. The van der Waals surface area contributed by atoms with Gasteiger partial charge in [-0.25, -0.2) is 4.39 Å². The molecule has 4 heteroatoms. The Kier molecular flexibility index (Phi) is 2.93. The van der Waals surface area contributed by atoms with Crippen LogP contribution in [0.15, 0.2) is 48.5 Å². The summed E-state index contributed by atoms with van der Waals surface area (Å²) in [6.07, 6.45) is 0.971. The first kappa shape index (κ1) is 12.7. The van der Waals surface area contributed by atoms with E-state index in [0.29, 0.717) is 24.0 Å². The fourth-order valence-electron chi connectivity index (χ4n) is 2.87. The van der Waals surface area contributed by atoms with Gasteiger partial charge in [0.15, 0.2) is 0 Å². The molecule has 3 rings (SSSR count). The molecule has 0 aliphatic heterocycles. The van der Waals surface area contributed by atoms with Crippen LogP contribution in [0, 0.1) is 5.82 Å². The third-order valence-electron chi connectivity index (χ3n) is 3.88. The van der Waals surface area contributed by atoms with E-state index < -0.39 is 11.4 Å². The average molecular weight is 270 g/mol. The zero-order valence-electron chi connectivity index (χ0n) is 10.9. The van der Waals surface area contributed by atoms with Crippen molar-refractivity contribution in [2.45, 2.75) is 18.4 Å². The zero-order chi connectivity index (χ0) is 14.2. The number of hydrogen-bond acceptors (Lipinski definition) is 2. The van der Waals surface area contributed by atoms with E-state index in [1.807, 2.05) is 30.3 Å². The number of carbonyl (C=O) groups is 1. The summed E-state index contributed by atoms with van der Waals surface area (Å²) in [5.41, 5.74) is 6.61. The summed E-state index contributed by atoms with van der Waals surface area (Å²) < 4.78 is 13.9. The first-order valence-corrected chi connectivity index (χ1v) is 6.54. The van der Waals surface area contributed by atoms with Crippen LogP contribution in [-0.4, -0.2) is 5.91 Å². The quantitative estimate of drug-likeness (QED) is 0.900. The van der Waals surface area contributed by atoms with Crippen LogP contribution in [0.3, 0.4) is 0 Å². The Morgan fingerprint density at radius 3 is 2.60 bits per heavy atom. The third-order valence-corrected chi connectivity index (χ3v) is 3.88. The average Bonchev–Trinajstić information content (AvgIpc) is 2.82. The van der Waals surface area contributed by atoms with Gasteiger partial charge in [-0.15, -0.1) is 0 Å². The van der Waals surface area contributed by atoms with Crippen LogP contribution in [0.25, 0.3) is 0 Å². The van der Waals surface area contributed by atoms with Gasteiger partial charge < -0.3 is 11.1 Å². The standard InChI is InChI=1S/C16H15FN2O/c17-14-8-4-7-13-12(14)9-10-16(13,15(18)20)19-11-5-2-1-3-6-11/h1-8,19H,9-10H2,(H2,18,20). The van der Waals surface area contributed by atoms with E-state index in [4.69, 9.17) is 5.73 Å². The first-order chi connectivity index (χ1) is 9.63. The minimum absolute atomic E-state index is 0.277. The molecular formula is C16H15FN2O. The van der Waals surface area contributed by atoms with Gasteiger partial charge in [0.25, 0.3) is 0 Å². The zero-order valence-corrected chi connectivity index (χ0v) is 10.9. The number of fused-ring (bicyclic) bond motifs is 1. The largest absolute Gasteiger partial charge is 0.368 e. The fourth-order valence-corrected chi connectivity index (χ4v) is 2.87. The molecule has 1 aliphatic carbocycles. The summed E-state index contributed by atoms with van der Waals surface area (Å²) >= 11 is 0. The van der Waals surface area contributed by atoms with E-state index >= 15 is 0 Å². The lowest BCUT2D eigenvalue weighted by atomic mass is 9.90. The highest BCUT2D eigenvalue weighted by Gasteiger charge is 2.45. The van der Waals surface area contributed by atoms with Crippen molar-refractivity contribution in [2.24, 2.45) is 5.73 Å². The maximum Gasteiger partial charge on any atom is 0.247 e. The summed E-state index contributed by atoms with van der Waals surface area (Å²) in [5, 5.41) is 3.20. The Morgan fingerprint density at radius 1 is 1.15 bits per heavy atom. The van der Waals surface area contributed by atoms with Crippen LogP contribution in [0.4, 0.5) is 10.1 Å². The molecule has 2 aromatic carbocycles. The molecule has 0 saturated heterocycles. The van der Waals surface area contributed by atoms with Crippen molar-refractivity contribution >= 4 is 11.6 Å². The molecule has 0 spiro atoms. The Bertz CT molecular complexity index is 657. The number of carbonyl (C=O) groups excluding carboxylic acids is 1. The van der Waals surface area contributed by atoms with Crippen molar-refractivity contribution in [1.82, 2.24) is 0 Å². The van der Waals surface area contributed by atoms with Gasteiger partial charge in [-0.1, -0.05) is 30.3 Å². The molecule has 0 bridgehead atoms. The Labute approximate surface area is 116 Å². The minimum atomic E-state index is -1.03. The monoisotopic (exact) mass is 270 g/mol. The normalized spacial score (nSPS) is 20.4. The maximum atomic E-state index is 13.9. The topological polar surface area (TPSA) is 55.1 Å². The molecule has 20 heavy (non-hydrogen) atoms. The highest BCUT2D eigenvalue weighted by molar-refractivity contribution is 5.90. The van der Waals surface area contributed by atoms with Crippen molar-refractivity contribution in [1.29, 1.82) is 0 Å². The predicted octanol–water partition coefficient (Wildman–Crippen LogP) is 2.56. The van der Waals surface area contributed by atoms with Crippen LogP contribution in [0.2, 0.25) is 0 Å². The minimum Gasteiger partial charge on any atom is -0.368 e. The second kappa shape index (κ2) is 4.63. The van der Waals surface area contributed by atoms with Crippen molar-refractivity contribution in [2.75, 3.05) is 5.32 Å². The molecule has 0 fully saturated rings. The molecule has 0 radical (unpaired) electrons. The van der Waals surface area contributed by atoms with Crippen LogP contribution < -0.4 is 11.1 Å². The molecule has 0 saturated carbocycles. The van der Waals surface area contributed by atoms with Gasteiger partial charge >= 0.3 is 0 Å². The molecule has 0 aromatic heterocycles. The summed E-state index contributed by atoms with van der Waals surface area (Å²) in [5.74, 6) is -0.758. The van der Waals surface area contributed by atoms with E-state index in [0.717, 1.165) is 5.69 Å². The molecule has 102 valence electrons. The second-order valence-electron chi connectivity index (χ2n) is 5.03. The van der Waals surface area contributed by atoms with E-state index in [-0.39, 0.29) is 5.82 Å². The number of halogens is 1. The summed E-state index contributed by atoms with van der Waals surface area (Å²) in [6, 6.07) is 14.2. The lowest BCUT2D eigenvalue weighted by molar-refractivity contribution is -0.122. The smallest absolute Gasteiger partial charge is 0.247 e. The number of para-hydroxylation sites is 1. The first-order valence-electron chi connectivity index (χ1n) is 6.54. The second-order valence-corrected chi connectivity index (χ2v) is 5.03. The molecule has 1 unspecified atom stereocenters. The van der Waals surface area contributed by atoms with E-state index in [1.54, 1.807) is 12.1 Å². The summed E-state index contributed by atoms with van der Waals surface area (Å²) in [7, 11) is 0. The Morgan fingerprint density at radius 2 is 1.90 bits per heavy atom. The molecular weight excluding hydrogens is 255 g/mol. The van der Waals surface area contributed by atoms with E-state index in [2.05, 4.69) is 5.32 Å². The molecule has 0 heterocycles. The number of nitrogens with two attached hydrogens (primary N) is 1. The number of hydrogen-bond donors (Lipinski definition) is 2. The van der Waals surface area contributed by atoms with Crippen molar-refractivity contribution < 1.29 is 9.18 Å². The van der Waals surface area contributed by atoms with Crippen LogP contribution in [-0.2, 0) is 16.8 Å². The molecule has 2 aromatic rings. The number of primary amides is 1. The lowest BCUT2D eigenvalue weighted by Gasteiger charge is -2.29. The van der Waals surface area contributed by atoms with Crippen molar-refractivity contribution in [3.05, 3.63) is 65.5 Å². The summed E-state index contributed by atoms with van der Waals surface area (Å²) in [6.45, 7) is 0. The third kappa shape index (κ3) is 1.84. The van der Waals surface area contributed by atoms with E-state index in [1.165, 1.54) is 6.07 Å². The number of anilines is 1. The number of amides is 1. The van der Waals surface area contributed by atoms with Crippen LogP contribution in [0.1, 0.15) is 17.5 Å². The SMILES string of the molecule is NC(=O)C1(Nc2ccccc2)CCc2c(F)cccc21. The highest BCUT2D eigenvalue weighted by Crippen LogP contribution is 2.40. The molecule has 3 N–H and O–H groups in total. The Hall–Kier alpha value is -2.36. The molecule has 1 atom stereocenters.